The Morgan fingerprint density at radius 3 is 2.80 bits per heavy atom. The number of thiazole rings is 1. The zero-order valence-electron chi connectivity index (χ0n) is 13.5. The Bertz CT molecular complexity index is 917. The van der Waals surface area contributed by atoms with Crippen molar-refractivity contribution >= 4 is 17.3 Å². The van der Waals surface area contributed by atoms with Crippen LogP contribution in [0.25, 0.3) is 10.6 Å². The standard InChI is InChI=1S/C19H15NO4S/c1-12-2-5-14(6-3-12)18-20-15(10-25-18)19(21)22-9-13-4-7-16-17(8-13)24-11-23-16/h2-8,10H,9,11H2,1H3. The lowest BCUT2D eigenvalue weighted by Gasteiger charge is -2.04. The van der Waals surface area contributed by atoms with E-state index in [9.17, 15) is 4.79 Å². The van der Waals surface area contributed by atoms with E-state index in [0.29, 0.717) is 17.2 Å². The first-order valence-electron chi connectivity index (χ1n) is 7.77. The Balaban J connectivity index is 1.42. The minimum atomic E-state index is -0.438. The molecular formula is C19H15NO4S. The summed E-state index contributed by atoms with van der Waals surface area (Å²) in [5.74, 6) is 0.938. The van der Waals surface area contributed by atoms with Crippen LogP contribution >= 0.6 is 11.3 Å². The summed E-state index contributed by atoms with van der Waals surface area (Å²) < 4.78 is 15.9. The number of benzene rings is 2. The molecule has 0 unspecified atom stereocenters. The van der Waals surface area contributed by atoms with Crippen molar-refractivity contribution in [2.24, 2.45) is 0 Å². The summed E-state index contributed by atoms with van der Waals surface area (Å²) in [6.07, 6.45) is 0. The summed E-state index contributed by atoms with van der Waals surface area (Å²) in [4.78, 5) is 16.6. The molecule has 1 aliphatic rings. The highest BCUT2D eigenvalue weighted by Crippen LogP contribution is 2.32. The van der Waals surface area contributed by atoms with Gasteiger partial charge in [-0.2, -0.15) is 0 Å². The molecule has 25 heavy (non-hydrogen) atoms. The number of hydrogen-bond acceptors (Lipinski definition) is 6. The van der Waals surface area contributed by atoms with Gasteiger partial charge in [0.05, 0.1) is 0 Å². The topological polar surface area (TPSA) is 57.7 Å². The van der Waals surface area contributed by atoms with Crippen molar-refractivity contribution in [1.82, 2.24) is 4.98 Å². The van der Waals surface area contributed by atoms with Crippen LogP contribution in [0.2, 0.25) is 0 Å². The highest BCUT2D eigenvalue weighted by atomic mass is 32.1. The van der Waals surface area contributed by atoms with Crippen LogP contribution in [0.3, 0.4) is 0 Å². The number of fused-ring (bicyclic) bond motifs is 1. The number of rotatable bonds is 4. The second-order valence-corrected chi connectivity index (χ2v) is 6.53. The minimum absolute atomic E-state index is 0.160. The molecule has 2 aromatic carbocycles. The van der Waals surface area contributed by atoms with Gasteiger partial charge >= 0.3 is 5.97 Å². The first kappa shape index (κ1) is 15.7. The third kappa shape index (κ3) is 3.34. The van der Waals surface area contributed by atoms with Crippen molar-refractivity contribution in [3.05, 3.63) is 64.7 Å². The van der Waals surface area contributed by atoms with E-state index in [1.165, 1.54) is 16.9 Å². The molecule has 4 rings (SSSR count). The SMILES string of the molecule is Cc1ccc(-c2nc(C(=O)OCc3ccc4c(c3)OCO4)cs2)cc1. The molecule has 1 aliphatic heterocycles. The quantitative estimate of drug-likeness (QED) is 0.658. The average Bonchev–Trinajstić information content (AvgIpc) is 3.29. The molecule has 0 amide bonds. The number of aryl methyl sites for hydroxylation is 1. The Labute approximate surface area is 148 Å². The zero-order chi connectivity index (χ0) is 17.2. The van der Waals surface area contributed by atoms with Crippen LogP contribution in [0.1, 0.15) is 21.6 Å². The molecular weight excluding hydrogens is 338 g/mol. The fraction of sp³-hybridized carbons (Fsp3) is 0.158. The first-order valence-corrected chi connectivity index (χ1v) is 8.65. The Morgan fingerprint density at radius 1 is 1.16 bits per heavy atom. The molecule has 0 saturated carbocycles. The largest absolute Gasteiger partial charge is 0.456 e. The van der Waals surface area contributed by atoms with E-state index in [4.69, 9.17) is 14.2 Å². The Kier molecular flexibility index (Phi) is 4.11. The van der Waals surface area contributed by atoms with Crippen molar-refractivity contribution < 1.29 is 19.0 Å². The molecule has 1 aromatic heterocycles. The van der Waals surface area contributed by atoms with Gasteiger partial charge in [0, 0.05) is 10.9 Å². The highest BCUT2D eigenvalue weighted by molar-refractivity contribution is 7.13. The van der Waals surface area contributed by atoms with Gasteiger partial charge in [0.2, 0.25) is 6.79 Å². The summed E-state index contributed by atoms with van der Waals surface area (Å²) in [5, 5.41) is 2.52. The molecule has 3 aromatic rings. The van der Waals surface area contributed by atoms with Crippen LogP contribution < -0.4 is 9.47 Å². The summed E-state index contributed by atoms with van der Waals surface area (Å²) in [6.45, 7) is 2.41. The molecule has 5 nitrogen and oxygen atoms in total. The maximum atomic E-state index is 12.2. The lowest BCUT2D eigenvalue weighted by atomic mass is 10.2. The highest BCUT2D eigenvalue weighted by Gasteiger charge is 2.16. The van der Waals surface area contributed by atoms with Gasteiger partial charge in [-0.25, -0.2) is 9.78 Å². The van der Waals surface area contributed by atoms with Crippen molar-refractivity contribution in [1.29, 1.82) is 0 Å². The molecule has 6 heteroatoms. The number of aromatic nitrogens is 1. The Morgan fingerprint density at radius 2 is 1.96 bits per heavy atom. The molecule has 0 radical (unpaired) electrons. The van der Waals surface area contributed by atoms with Gasteiger partial charge in [0.25, 0.3) is 0 Å². The number of esters is 1. The van der Waals surface area contributed by atoms with Crippen molar-refractivity contribution in [3.63, 3.8) is 0 Å². The minimum Gasteiger partial charge on any atom is -0.456 e. The van der Waals surface area contributed by atoms with Crippen LogP contribution in [0, 0.1) is 6.92 Å². The number of carbonyl (C=O) groups excluding carboxylic acids is 1. The van der Waals surface area contributed by atoms with Crippen molar-refractivity contribution in [2.45, 2.75) is 13.5 Å². The number of nitrogens with zero attached hydrogens (tertiary/aromatic N) is 1. The third-order valence-corrected chi connectivity index (χ3v) is 4.71. The zero-order valence-corrected chi connectivity index (χ0v) is 14.3. The van der Waals surface area contributed by atoms with E-state index in [0.717, 1.165) is 16.1 Å². The summed E-state index contributed by atoms with van der Waals surface area (Å²) >= 11 is 1.43. The number of carbonyl (C=O) groups is 1. The average molecular weight is 353 g/mol. The molecule has 0 N–H and O–H groups in total. The van der Waals surface area contributed by atoms with Gasteiger partial charge in [-0.1, -0.05) is 35.9 Å². The molecule has 0 saturated heterocycles. The van der Waals surface area contributed by atoms with Gasteiger partial charge in [-0.3, -0.25) is 0 Å². The molecule has 0 bridgehead atoms. The van der Waals surface area contributed by atoms with E-state index in [-0.39, 0.29) is 13.4 Å². The summed E-state index contributed by atoms with van der Waals surface area (Å²) in [5.41, 5.74) is 3.34. The normalized spacial score (nSPS) is 12.2. The molecule has 2 heterocycles. The maximum Gasteiger partial charge on any atom is 0.358 e. The Hall–Kier alpha value is -2.86. The van der Waals surface area contributed by atoms with E-state index < -0.39 is 5.97 Å². The van der Waals surface area contributed by atoms with Crippen LogP contribution in [0.15, 0.2) is 47.8 Å². The van der Waals surface area contributed by atoms with Crippen LogP contribution in [0.5, 0.6) is 11.5 Å². The molecule has 0 aliphatic carbocycles. The molecule has 0 fully saturated rings. The van der Waals surface area contributed by atoms with Gasteiger partial charge < -0.3 is 14.2 Å². The van der Waals surface area contributed by atoms with E-state index in [1.807, 2.05) is 49.4 Å². The van der Waals surface area contributed by atoms with Gasteiger partial charge in [-0.05, 0) is 24.6 Å². The molecule has 126 valence electrons. The van der Waals surface area contributed by atoms with Gasteiger partial charge in [0.15, 0.2) is 17.2 Å². The summed E-state index contributed by atoms with van der Waals surface area (Å²) in [7, 11) is 0. The fourth-order valence-corrected chi connectivity index (χ4v) is 3.25. The smallest absolute Gasteiger partial charge is 0.358 e. The van der Waals surface area contributed by atoms with E-state index >= 15 is 0 Å². The maximum absolute atomic E-state index is 12.2. The predicted octanol–water partition coefficient (Wildman–Crippen LogP) is 4.20. The van der Waals surface area contributed by atoms with Gasteiger partial charge in [-0.15, -0.1) is 11.3 Å². The number of ether oxygens (including phenoxy) is 3. The number of hydrogen-bond donors (Lipinski definition) is 0. The lowest BCUT2D eigenvalue weighted by molar-refractivity contribution is 0.0466. The van der Waals surface area contributed by atoms with E-state index in [2.05, 4.69) is 4.98 Å². The van der Waals surface area contributed by atoms with Crippen molar-refractivity contribution in [3.8, 4) is 22.1 Å². The third-order valence-electron chi connectivity index (χ3n) is 3.82. The second kappa shape index (κ2) is 6.57. The van der Waals surface area contributed by atoms with Crippen LogP contribution in [-0.2, 0) is 11.3 Å². The predicted molar refractivity (Wildman–Crippen MR) is 94.0 cm³/mol. The monoisotopic (exact) mass is 353 g/mol. The lowest BCUT2D eigenvalue weighted by Crippen LogP contribution is -2.05. The van der Waals surface area contributed by atoms with Crippen LogP contribution in [0.4, 0.5) is 0 Å². The second-order valence-electron chi connectivity index (χ2n) is 5.67. The fourth-order valence-electron chi connectivity index (χ4n) is 2.45. The molecule has 0 atom stereocenters. The molecule has 0 spiro atoms. The van der Waals surface area contributed by atoms with Crippen molar-refractivity contribution in [2.75, 3.05) is 6.79 Å². The summed E-state index contributed by atoms with van der Waals surface area (Å²) in [6, 6.07) is 13.5. The first-order chi connectivity index (χ1) is 12.2. The van der Waals surface area contributed by atoms with Crippen LogP contribution in [-0.4, -0.2) is 17.7 Å². The van der Waals surface area contributed by atoms with E-state index in [1.54, 1.807) is 5.38 Å². The van der Waals surface area contributed by atoms with Gasteiger partial charge in [0.1, 0.15) is 11.6 Å².